The highest BCUT2D eigenvalue weighted by atomic mass is 19.1. The molecule has 2 rings (SSSR count). The summed E-state index contributed by atoms with van der Waals surface area (Å²) in [5.41, 5.74) is 5.79. The van der Waals surface area contributed by atoms with Gasteiger partial charge in [0, 0.05) is 11.6 Å². The van der Waals surface area contributed by atoms with Crippen molar-refractivity contribution in [3.05, 3.63) is 63.5 Å². The Morgan fingerprint density at radius 3 is 2.62 bits per heavy atom. The Balaban J connectivity index is 2.31. The number of nitrogens with two attached hydrogens (primary N) is 1. The van der Waals surface area contributed by atoms with Crippen LogP contribution in [0.15, 0.2) is 36.4 Å². The van der Waals surface area contributed by atoms with Crippen LogP contribution < -0.4 is 11.1 Å². The summed E-state index contributed by atoms with van der Waals surface area (Å²) in [4.78, 5) is 22.4. The molecule has 0 aliphatic carbocycles. The molecule has 0 unspecified atom stereocenters. The number of halogens is 1. The minimum Gasteiger partial charge on any atom is -0.396 e. The number of hydrogen-bond donors (Lipinski definition) is 2. The number of nitrogens with zero attached hydrogens (tertiary/aromatic N) is 1. The van der Waals surface area contributed by atoms with Crippen molar-refractivity contribution in [1.29, 1.82) is 0 Å². The van der Waals surface area contributed by atoms with Crippen LogP contribution in [-0.4, -0.2) is 10.8 Å². The molecule has 1 amide bonds. The van der Waals surface area contributed by atoms with Crippen LogP contribution in [0.2, 0.25) is 0 Å². The van der Waals surface area contributed by atoms with Gasteiger partial charge in [0.1, 0.15) is 11.5 Å². The van der Waals surface area contributed by atoms with Gasteiger partial charge in [0.15, 0.2) is 0 Å². The number of nitro benzene ring substituents is 1. The molecule has 2 aromatic rings. The number of carbonyl (C=O) groups is 1. The Morgan fingerprint density at radius 1 is 1.29 bits per heavy atom. The second-order valence-corrected chi connectivity index (χ2v) is 4.47. The molecule has 0 saturated carbocycles. The minimum absolute atomic E-state index is 0.0246. The van der Waals surface area contributed by atoms with Crippen LogP contribution in [0.1, 0.15) is 15.9 Å². The first-order valence-corrected chi connectivity index (χ1v) is 6.00. The molecule has 3 N–H and O–H groups in total. The Hall–Kier alpha value is -2.96. The van der Waals surface area contributed by atoms with Crippen molar-refractivity contribution >= 4 is 23.0 Å². The molecule has 0 fully saturated rings. The van der Waals surface area contributed by atoms with Crippen LogP contribution in [-0.2, 0) is 0 Å². The lowest BCUT2D eigenvalue weighted by Gasteiger charge is -2.07. The zero-order chi connectivity index (χ0) is 15.6. The summed E-state index contributed by atoms with van der Waals surface area (Å²) < 4.78 is 13.3. The molecule has 0 aliphatic rings. The molecule has 0 aromatic heterocycles. The van der Waals surface area contributed by atoms with E-state index in [0.29, 0.717) is 5.56 Å². The number of nitro groups is 1. The quantitative estimate of drug-likeness (QED) is 0.515. The zero-order valence-corrected chi connectivity index (χ0v) is 11.1. The molecular weight excluding hydrogens is 277 g/mol. The number of amides is 1. The van der Waals surface area contributed by atoms with E-state index in [2.05, 4.69) is 5.32 Å². The van der Waals surface area contributed by atoms with E-state index < -0.39 is 16.6 Å². The Kier molecular flexibility index (Phi) is 3.84. The maximum atomic E-state index is 13.3. The van der Waals surface area contributed by atoms with E-state index in [9.17, 15) is 19.3 Å². The molecule has 0 saturated heterocycles. The maximum Gasteiger partial charge on any atom is 0.293 e. The van der Waals surface area contributed by atoms with Crippen LogP contribution in [0.3, 0.4) is 0 Å². The Labute approximate surface area is 119 Å². The van der Waals surface area contributed by atoms with Crippen LogP contribution in [0.25, 0.3) is 0 Å². The molecule has 0 heterocycles. The van der Waals surface area contributed by atoms with E-state index in [4.69, 9.17) is 5.73 Å². The van der Waals surface area contributed by atoms with Gasteiger partial charge in [-0.05, 0) is 36.8 Å². The SMILES string of the molecule is Cc1ccc(NC(=O)c2ccc(N)c(F)c2)c([N+](=O)[O-])c1. The zero-order valence-electron chi connectivity index (χ0n) is 11.1. The third-order valence-electron chi connectivity index (χ3n) is 2.86. The van der Waals surface area contributed by atoms with Crippen LogP contribution in [0.4, 0.5) is 21.5 Å². The number of anilines is 2. The normalized spacial score (nSPS) is 10.2. The highest BCUT2D eigenvalue weighted by molar-refractivity contribution is 6.05. The van der Waals surface area contributed by atoms with Gasteiger partial charge in [-0.2, -0.15) is 0 Å². The van der Waals surface area contributed by atoms with Gasteiger partial charge in [0.05, 0.1) is 10.6 Å². The number of aryl methyl sites for hydroxylation is 1. The van der Waals surface area contributed by atoms with Crippen molar-refractivity contribution < 1.29 is 14.1 Å². The highest BCUT2D eigenvalue weighted by Gasteiger charge is 2.17. The second-order valence-electron chi connectivity index (χ2n) is 4.47. The average molecular weight is 289 g/mol. The fourth-order valence-electron chi connectivity index (χ4n) is 1.76. The van der Waals surface area contributed by atoms with E-state index >= 15 is 0 Å². The van der Waals surface area contributed by atoms with E-state index in [0.717, 1.165) is 6.07 Å². The molecule has 0 radical (unpaired) electrons. The number of benzene rings is 2. The monoisotopic (exact) mass is 289 g/mol. The number of nitrogens with one attached hydrogen (secondary N) is 1. The molecule has 108 valence electrons. The van der Waals surface area contributed by atoms with Crippen molar-refractivity contribution in [3.63, 3.8) is 0 Å². The van der Waals surface area contributed by atoms with Crippen molar-refractivity contribution in [1.82, 2.24) is 0 Å². The first-order valence-electron chi connectivity index (χ1n) is 6.00. The summed E-state index contributed by atoms with van der Waals surface area (Å²) in [6, 6.07) is 7.98. The second kappa shape index (κ2) is 5.58. The molecular formula is C14H12FN3O3. The first-order chi connectivity index (χ1) is 9.88. The first kappa shape index (κ1) is 14.4. The minimum atomic E-state index is -0.721. The lowest BCUT2D eigenvalue weighted by molar-refractivity contribution is -0.384. The Bertz CT molecular complexity index is 731. The van der Waals surface area contributed by atoms with Gasteiger partial charge in [-0.3, -0.25) is 14.9 Å². The van der Waals surface area contributed by atoms with Crippen LogP contribution in [0, 0.1) is 22.9 Å². The fraction of sp³-hybridized carbons (Fsp3) is 0.0714. The van der Waals surface area contributed by atoms with Gasteiger partial charge in [-0.1, -0.05) is 6.07 Å². The summed E-state index contributed by atoms with van der Waals surface area (Å²) >= 11 is 0. The van der Waals surface area contributed by atoms with E-state index in [-0.39, 0.29) is 22.6 Å². The van der Waals surface area contributed by atoms with Crippen molar-refractivity contribution in [2.45, 2.75) is 6.92 Å². The molecule has 6 nitrogen and oxygen atoms in total. The van der Waals surface area contributed by atoms with Gasteiger partial charge < -0.3 is 11.1 Å². The number of carbonyl (C=O) groups excluding carboxylic acids is 1. The summed E-state index contributed by atoms with van der Waals surface area (Å²) in [6.45, 7) is 1.70. The van der Waals surface area contributed by atoms with Crippen molar-refractivity contribution in [2.24, 2.45) is 0 Å². The molecule has 7 heteroatoms. The Morgan fingerprint density at radius 2 is 2.00 bits per heavy atom. The highest BCUT2D eigenvalue weighted by Crippen LogP contribution is 2.26. The van der Waals surface area contributed by atoms with Gasteiger partial charge in [0.2, 0.25) is 0 Å². The standard InChI is InChI=1S/C14H12FN3O3/c1-8-2-5-12(13(6-8)18(20)21)17-14(19)9-3-4-11(16)10(15)7-9/h2-7H,16H2,1H3,(H,17,19). The predicted octanol–water partition coefficient (Wildman–Crippen LogP) is 2.88. The number of hydrogen-bond acceptors (Lipinski definition) is 4. The maximum absolute atomic E-state index is 13.3. The predicted molar refractivity (Wildman–Crippen MR) is 76.6 cm³/mol. The van der Waals surface area contributed by atoms with Gasteiger partial charge >= 0.3 is 0 Å². The van der Waals surface area contributed by atoms with Crippen molar-refractivity contribution in [3.8, 4) is 0 Å². The average Bonchev–Trinajstić information content (AvgIpc) is 2.43. The van der Waals surface area contributed by atoms with Crippen molar-refractivity contribution in [2.75, 3.05) is 11.1 Å². The summed E-state index contributed by atoms with van der Waals surface area (Å²) in [6.07, 6.45) is 0. The lowest BCUT2D eigenvalue weighted by atomic mass is 10.1. The van der Waals surface area contributed by atoms with E-state index in [1.807, 2.05) is 0 Å². The molecule has 21 heavy (non-hydrogen) atoms. The molecule has 0 aliphatic heterocycles. The molecule has 0 bridgehead atoms. The molecule has 2 aromatic carbocycles. The fourth-order valence-corrected chi connectivity index (χ4v) is 1.76. The van der Waals surface area contributed by atoms with E-state index in [1.165, 1.54) is 24.3 Å². The lowest BCUT2D eigenvalue weighted by Crippen LogP contribution is -2.13. The van der Waals surface area contributed by atoms with Gasteiger partial charge in [-0.15, -0.1) is 0 Å². The third-order valence-corrected chi connectivity index (χ3v) is 2.86. The molecule has 0 atom stereocenters. The number of rotatable bonds is 3. The topological polar surface area (TPSA) is 98.3 Å². The third kappa shape index (κ3) is 3.14. The smallest absolute Gasteiger partial charge is 0.293 e. The van der Waals surface area contributed by atoms with Crippen LogP contribution >= 0.6 is 0 Å². The molecule has 0 spiro atoms. The van der Waals surface area contributed by atoms with Gasteiger partial charge in [0.25, 0.3) is 11.6 Å². The summed E-state index contributed by atoms with van der Waals surface area (Å²) in [7, 11) is 0. The number of nitrogen functional groups attached to an aromatic ring is 1. The van der Waals surface area contributed by atoms with E-state index in [1.54, 1.807) is 13.0 Å². The van der Waals surface area contributed by atoms with Gasteiger partial charge in [-0.25, -0.2) is 4.39 Å². The summed E-state index contributed by atoms with van der Waals surface area (Å²) in [5.74, 6) is -1.37. The van der Waals surface area contributed by atoms with Crippen LogP contribution in [0.5, 0.6) is 0 Å². The largest absolute Gasteiger partial charge is 0.396 e. The summed E-state index contributed by atoms with van der Waals surface area (Å²) in [5, 5.41) is 13.4.